The van der Waals surface area contributed by atoms with Crippen LogP contribution >= 0.6 is 35.1 Å². The number of anilines is 1. The Morgan fingerprint density at radius 2 is 2.38 bits per heavy atom. The van der Waals surface area contributed by atoms with E-state index in [1.807, 2.05) is 11.8 Å². The van der Waals surface area contributed by atoms with Crippen LogP contribution in [0.4, 0.5) is 5.82 Å². The molecule has 0 spiro atoms. The van der Waals surface area contributed by atoms with Crippen LogP contribution in [-0.4, -0.2) is 26.3 Å². The van der Waals surface area contributed by atoms with E-state index in [1.165, 1.54) is 18.6 Å². The predicted molar refractivity (Wildman–Crippen MR) is 58.9 cm³/mol. The molecular weight excluding hydrogens is 226 g/mol. The molecule has 2 rings (SSSR count). The van der Waals surface area contributed by atoms with Crippen molar-refractivity contribution in [2.75, 3.05) is 16.8 Å². The van der Waals surface area contributed by atoms with Crippen LogP contribution in [0.1, 0.15) is 12.8 Å². The van der Waals surface area contributed by atoms with E-state index in [0.717, 1.165) is 23.3 Å². The van der Waals surface area contributed by atoms with Crippen LogP contribution in [0, 0.1) is 0 Å². The van der Waals surface area contributed by atoms with Gasteiger partial charge in [-0.25, -0.2) is 0 Å². The zero-order chi connectivity index (χ0) is 9.10. The molecule has 72 valence electrons. The summed E-state index contributed by atoms with van der Waals surface area (Å²) in [4.78, 5) is 0. The van der Waals surface area contributed by atoms with E-state index in [1.54, 1.807) is 0 Å². The molecule has 1 aliphatic rings. The highest BCUT2D eigenvalue weighted by atomic mass is 35.5. The van der Waals surface area contributed by atoms with Crippen molar-refractivity contribution in [2.45, 2.75) is 18.9 Å². The SMILES string of the molecule is Clc1nsnc1NC1CCCSC1. The Bertz CT molecular complexity index is 272. The smallest absolute Gasteiger partial charge is 0.186 e. The molecule has 1 aromatic rings. The zero-order valence-electron chi connectivity index (χ0n) is 6.99. The van der Waals surface area contributed by atoms with Gasteiger partial charge in [0.05, 0.1) is 11.7 Å². The number of halogens is 1. The number of hydrogen-bond donors (Lipinski definition) is 1. The summed E-state index contributed by atoms with van der Waals surface area (Å²) >= 11 is 8.96. The fourth-order valence-electron chi connectivity index (χ4n) is 1.31. The number of hydrogen-bond acceptors (Lipinski definition) is 5. The van der Waals surface area contributed by atoms with Gasteiger partial charge in [0.15, 0.2) is 11.0 Å². The van der Waals surface area contributed by atoms with Crippen LogP contribution in [0.3, 0.4) is 0 Å². The van der Waals surface area contributed by atoms with Crippen molar-refractivity contribution in [1.29, 1.82) is 0 Å². The molecule has 1 atom stereocenters. The lowest BCUT2D eigenvalue weighted by molar-refractivity contribution is 0.683. The highest BCUT2D eigenvalue weighted by molar-refractivity contribution is 7.99. The van der Waals surface area contributed by atoms with Crippen molar-refractivity contribution < 1.29 is 0 Å². The molecular formula is C7H10ClN3S2. The Balaban J connectivity index is 1.93. The maximum Gasteiger partial charge on any atom is 0.186 e. The molecule has 1 fully saturated rings. The maximum atomic E-state index is 5.83. The number of nitrogens with one attached hydrogen (secondary N) is 1. The molecule has 0 aromatic carbocycles. The maximum absolute atomic E-state index is 5.83. The standard InChI is InChI=1S/C7H10ClN3S2/c8-6-7(11-13-10-6)9-5-2-1-3-12-4-5/h5H,1-4H2,(H,9,11). The van der Waals surface area contributed by atoms with Gasteiger partial charge in [-0.05, 0) is 18.6 Å². The topological polar surface area (TPSA) is 37.8 Å². The quantitative estimate of drug-likeness (QED) is 0.855. The average Bonchev–Trinajstić information content (AvgIpc) is 2.54. The molecule has 1 unspecified atom stereocenters. The van der Waals surface area contributed by atoms with Crippen molar-refractivity contribution >= 4 is 40.9 Å². The fourth-order valence-corrected chi connectivity index (χ4v) is 3.04. The first-order valence-electron chi connectivity index (χ1n) is 4.18. The van der Waals surface area contributed by atoms with Crippen molar-refractivity contribution in [3.05, 3.63) is 5.15 Å². The summed E-state index contributed by atoms with van der Waals surface area (Å²) in [5.41, 5.74) is 0. The lowest BCUT2D eigenvalue weighted by Crippen LogP contribution is -2.25. The van der Waals surface area contributed by atoms with Crippen LogP contribution in [0.15, 0.2) is 0 Å². The van der Waals surface area contributed by atoms with Gasteiger partial charge in [-0.15, -0.1) is 0 Å². The van der Waals surface area contributed by atoms with E-state index in [9.17, 15) is 0 Å². The van der Waals surface area contributed by atoms with Crippen LogP contribution in [0.25, 0.3) is 0 Å². The lowest BCUT2D eigenvalue weighted by Gasteiger charge is -2.21. The molecule has 2 heterocycles. The van der Waals surface area contributed by atoms with Crippen molar-refractivity contribution in [3.8, 4) is 0 Å². The van der Waals surface area contributed by atoms with Crippen molar-refractivity contribution in [3.63, 3.8) is 0 Å². The van der Waals surface area contributed by atoms with E-state index >= 15 is 0 Å². The van der Waals surface area contributed by atoms with Gasteiger partial charge in [-0.2, -0.15) is 20.5 Å². The summed E-state index contributed by atoms with van der Waals surface area (Å²) in [6.45, 7) is 0. The third kappa shape index (κ3) is 2.48. The first kappa shape index (κ1) is 9.55. The summed E-state index contributed by atoms with van der Waals surface area (Å²) in [7, 11) is 0. The molecule has 6 heteroatoms. The van der Waals surface area contributed by atoms with Gasteiger partial charge in [-0.3, -0.25) is 0 Å². The van der Waals surface area contributed by atoms with Gasteiger partial charge in [0.25, 0.3) is 0 Å². The lowest BCUT2D eigenvalue weighted by atomic mass is 10.2. The molecule has 0 aliphatic carbocycles. The molecule has 13 heavy (non-hydrogen) atoms. The second kappa shape index (κ2) is 4.48. The Kier molecular flexibility index (Phi) is 3.29. The van der Waals surface area contributed by atoms with Gasteiger partial charge >= 0.3 is 0 Å². The highest BCUT2D eigenvalue weighted by Gasteiger charge is 2.15. The van der Waals surface area contributed by atoms with E-state index in [-0.39, 0.29) is 0 Å². The summed E-state index contributed by atoms with van der Waals surface area (Å²) < 4.78 is 8.00. The van der Waals surface area contributed by atoms with E-state index in [0.29, 0.717) is 11.2 Å². The molecule has 0 bridgehead atoms. The summed E-state index contributed by atoms with van der Waals surface area (Å²) in [6.07, 6.45) is 2.48. The Morgan fingerprint density at radius 3 is 3.00 bits per heavy atom. The average molecular weight is 236 g/mol. The Hall–Kier alpha value is -0.000000000000000111. The molecule has 0 saturated carbocycles. The minimum absolute atomic E-state index is 0.501. The fraction of sp³-hybridized carbons (Fsp3) is 0.714. The predicted octanol–water partition coefficient (Wildman–Crippen LogP) is 2.50. The second-order valence-corrected chi connectivity index (χ2v) is 5.00. The third-order valence-electron chi connectivity index (χ3n) is 1.95. The molecule has 1 aromatic heterocycles. The zero-order valence-corrected chi connectivity index (χ0v) is 9.38. The largest absolute Gasteiger partial charge is 0.363 e. The summed E-state index contributed by atoms with van der Waals surface area (Å²) in [5.74, 6) is 3.17. The number of rotatable bonds is 2. The third-order valence-corrected chi connectivity index (χ3v) is 4.06. The number of aromatic nitrogens is 2. The normalized spacial score (nSPS) is 23.0. The van der Waals surface area contributed by atoms with Crippen LogP contribution in [0.2, 0.25) is 5.15 Å². The molecule has 0 radical (unpaired) electrons. The van der Waals surface area contributed by atoms with Crippen LogP contribution in [0.5, 0.6) is 0 Å². The number of nitrogens with zero attached hydrogens (tertiary/aromatic N) is 2. The molecule has 1 N–H and O–H groups in total. The number of thioether (sulfide) groups is 1. The van der Waals surface area contributed by atoms with E-state index in [4.69, 9.17) is 11.6 Å². The van der Waals surface area contributed by atoms with E-state index in [2.05, 4.69) is 14.1 Å². The second-order valence-electron chi connectivity index (χ2n) is 2.96. The monoisotopic (exact) mass is 235 g/mol. The minimum atomic E-state index is 0.501. The van der Waals surface area contributed by atoms with Gasteiger partial charge < -0.3 is 5.32 Å². The first-order valence-corrected chi connectivity index (χ1v) is 6.45. The molecule has 1 saturated heterocycles. The minimum Gasteiger partial charge on any atom is -0.363 e. The van der Waals surface area contributed by atoms with Crippen molar-refractivity contribution in [2.24, 2.45) is 0 Å². The Morgan fingerprint density at radius 1 is 1.46 bits per heavy atom. The molecule has 3 nitrogen and oxygen atoms in total. The van der Waals surface area contributed by atoms with Crippen LogP contribution in [-0.2, 0) is 0 Å². The van der Waals surface area contributed by atoms with Gasteiger partial charge in [0.1, 0.15) is 0 Å². The molecule has 0 amide bonds. The highest BCUT2D eigenvalue weighted by Crippen LogP contribution is 2.23. The van der Waals surface area contributed by atoms with E-state index < -0.39 is 0 Å². The van der Waals surface area contributed by atoms with Crippen LogP contribution < -0.4 is 5.32 Å². The Labute approximate surface area is 90.6 Å². The molecule has 1 aliphatic heterocycles. The summed E-state index contributed by atoms with van der Waals surface area (Å²) in [6, 6.07) is 0.514. The van der Waals surface area contributed by atoms with Gasteiger partial charge in [0.2, 0.25) is 0 Å². The summed E-state index contributed by atoms with van der Waals surface area (Å²) in [5, 5.41) is 3.81. The van der Waals surface area contributed by atoms with Crippen molar-refractivity contribution in [1.82, 2.24) is 8.75 Å². The van der Waals surface area contributed by atoms with Gasteiger partial charge in [0, 0.05) is 11.8 Å². The first-order chi connectivity index (χ1) is 6.36. The van der Waals surface area contributed by atoms with Gasteiger partial charge in [-0.1, -0.05) is 11.6 Å².